The van der Waals surface area contributed by atoms with E-state index in [4.69, 9.17) is 5.11 Å². The van der Waals surface area contributed by atoms with Crippen LogP contribution in [0.3, 0.4) is 0 Å². The predicted molar refractivity (Wildman–Crippen MR) is 86.1 cm³/mol. The summed E-state index contributed by atoms with van der Waals surface area (Å²) in [6.45, 7) is 0. The van der Waals surface area contributed by atoms with E-state index in [-0.39, 0.29) is 16.8 Å². The zero-order chi connectivity index (χ0) is 19.3. The van der Waals surface area contributed by atoms with Crippen molar-refractivity contribution in [2.45, 2.75) is 0 Å². The van der Waals surface area contributed by atoms with E-state index in [9.17, 15) is 19.2 Å². The van der Waals surface area contributed by atoms with Gasteiger partial charge in [-0.25, -0.2) is 24.4 Å². The Morgan fingerprint density at radius 2 is 1.58 bits per heavy atom. The van der Waals surface area contributed by atoms with Crippen molar-refractivity contribution in [3.8, 4) is 0 Å². The number of carbonyl (C=O) groups excluding carboxylic acids is 3. The first-order valence-corrected chi connectivity index (χ1v) is 7.05. The van der Waals surface area contributed by atoms with Gasteiger partial charge in [0.15, 0.2) is 11.4 Å². The van der Waals surface area contributed by atoms with Crippen LogP contribution in [0.5, 0.6) is 0 Å². The van der Waals surface area contributed by atoms with Crippen molar-refractivity contribution in [1.29, 1.82) is 0 Å². The number of nitrogens with one attached hydrogen (secondary N) is 1. The summed E-state index contributed by atoms with van der Waals surface area (Å²) in [7, 11) is 2.32. The number of hydrogen-bond acceptors (Lipinski definition) is 8. The van der Waals surface area contributed by atoms with Gasteiger partial charge in [0.05, 0.1) is 31.0 Å². The number of rotatable bonds is 5. The molecule has 0 aliphatic heterocycles. The summed E-state index contributed by atoms with van der Waals surface area (Å²) in [6, 6.07) is 3.79. The molecular formula is C16H13N3O7. The molecule has 26 heavy (non-hydrogen) atoms. The van der Waals surface area contributed by atoms with E-state index in [1.165, 1.54) is 25.3 Å². The van der Waals surface area contributed by atoms with Gasteiger partial charge >= 0.3 is 17.9 Å². The lowest BCUT2D eigenvalue weighted by Crippen LogP contribution is -2.21. The van der Waals surface area contributed by atoms with Crippen LogP contribution in [-0.4, -0.2) is 53.1 Å². The molecule has 0 unspecified atom stereocenters. The molecule has 1 aromatic carbocycles. The zero-order valence-corrected chi connectivity index (χ0v) is 13.7. The lowest BCUT2D eigenvalue weighted by Gasteiger charge is -2.11. The first-order valence-electron chi connectivity index (χ1n) is 7.05. The lowest BCUT2D eigenvalue weighted by molar-refractivity contribution is 0.0587. The molecule has 10 nitrogen and oxygen atoms in total. The second-order valence-electron chi connectivity index (χ2n) is 4.76. The Morgan fingerprint density at radius 1 is 0.962 bits per heavy atom. The maximum absolute atomic E-state index is 12.4. The smallest absolute Gasteiger partial charge is 0.356 e. The third-order valence-electron chi connectivity index (χ3n) is 3.21. The van der Waals surface area contributed by atoms with Gasteiger partial charge in [0, 0.05) is 12.4 Å². The average Bonchev–Trinajstić information content (AvgIpc) is 2.66. The number of benzene rings is 1. The molecule has 10 heteroatoms. The van der Waals surface area contributed by atoms with Gasteiger partial charge < -0.3 is 19.9 Å². The summed E-state index contributed by atoms with van der Waals surface area (Å²) in [6.07, 6.45) is 2.27. The van der Waals surface area contributed by atoms with Gasteiger partial charge in [-0.1, -0.05) is 0 Å². The van der Waals surface area contributed by atoms with Crippen LogP contribution >= 0.6 is 0 Å². The normalized spacial score (nSPS) is 9.92. The van der Waals surface area contributed by atoms with Crippen LogP contribution in [0.15, 0.2) is 30.6 Å². The fourth-order valence-corrected chi connectivity index (χ4v) is 2.02. The van der Waals surface area contributed by atoms with Gasteiger partial charge in [-0.05, 0) is 18.2 Å². The Kier molecular flexibility index (Phi) is 5.58. The Morgan fingerprint density at radius 3 is 2.15 bits per heavy atom. The summed E-state index contributed by atoms with van der Waals surface area (Å²) < 4.78 is 9.21. The van der Waals surface area contributed by atoms with E-state index < -0.39 is 35.2 Å². The molecular weight excluding hydrogens is 346 g/mol. The number of carboxylic acids is 1. The molecule has 0 radical (unpaired) electrons. The Balaban J connectivity index is 2.47. The van der Waals surface area contributed by atoms with E-state index in [2.05, 4.69) is 24.8 Å². The van der Waals surface area contributed by atoms with Gasteiger partial charge in [-0.2, -0.15) is 0 Å². The number of nitrogens with zero attached hydrogens (tertiary/aromatic N) is 2. The van der Waals surface area contributed by atoms with Crippen LogP contribution in [0.1, 0.15) is 41.7 Å². The standard InChI is InChI=1S/C16H13N3O7/c1-25-15(23)8-3-4-9(16(24)26-2)10(7-8)19-13(20)11-12(14(21)22)18-6-5-17-11/h3-7H,1-2H3,(H,19,20)(H,21,22). The van der Waals surface area contributed by atoms with Crippen molar-refractivity contribution in [2.24, 2.45) is 0 Å². The number of esters is 2. The Bertz CT molecular complexity index is 895. The topological polar surface area (TPSA) is 145 Å². The SMILES string of the molecule is COC(=O)c1ccc(C(=O)OC)c(NC(=O)c2nccnc2C(=O)O)c1. The number of carboxylic acid groups (broad SMARTS) is 1. The molecule has 0 saturated heterocycles. The van der Waals surface area contributed by atoms with Crippen molar-refractivity contribution in [1.82, 2.24) is 9.97 Å². The average molecular weight is 359 g/mol. The van der Waals surface area contributed by atoms with Crippen LogP contribution in [-0.2, 0) is 9.47 Å². The van der Waals surface area contributed by atoms with Crippen molar-refractivity contribution in [2.75, 3.05) is 19.5 Å². The fourth-order valence-electron chi connectivity index (χ4n) is 2.02. The highest BCUT2D eigenvalue weighted by Gasteiger charge is 2.22. The van der Waals surface area contributed by atoms with Gasteiger partial charge in [0.2, 0.25) is 0 Å². The lowest BCUT2D eigenvalue weighted by atomic mass is 10.1. The molecule has 0 aliphatic rings. The number of aromatic nitrogens is 2. The van der Waals surface area contributed by atoms with E-state index in [1.54, 1.807) is 0 Å². The third kappa shape index (κ3) is 3.80. The highest BCUT2D eigenvalue weighted by molar-refractivity contribution is 6.11. The minimum absolute atomic E-state index is 0.0470. The summed E-state index contributed by atoms with van der Waals surface area (Å²) in [4.78, 5) is 54.4. The molecule has 0 bridgehead atoms. The largest absolute Gasteiger partial charge is 0.476 e. The Hall–Kier alpha value is -3.82. The Labute approximate surface area is 146 Å². The molecule has 134 valence electrons. The van der Waals surface area contributed by atoms with Gasteiger partial charge in [0.1, 0.15) is 0 Å². The molecule has 2 aromatic rings. The minimum atomic E-state index is -1.44. The summed E-state index contributed by atoms with van der Waals surface area (Å²) in [5.41, 5.74) is -1.08. The first-order chi connectivity index (χ1) is 12.4. The summed E-state index contributed by atoms with van der Waals surface area (Å²) >= 11 is 0. The quantitative estimate of drug-likeness (QED) is 0.747. The molecule has 0 fully saturated rings. The highest BCUT2D eigenvalue weighted by atomic mass is 16.5. The summed E-state index contributed by atoms with van der Waals surface area (Å²) in [5, 5.41) is 11.4. The van der Waals surface area contributed by atoms with Crippen LogP contribution in [0.25, 0.3) is 0 Å². The van der Waals surface area contributed by atoms with Crippen molar-refractivity contribution in [3.05, 3.63) is 53.1 Å². The predicted octanol–water partition coefficient (Wildman–Crippen LogP) is 1.00. The highest BCUT2D eigenvalue weighted by Crippen LogP contribution is 2.21. The molecule has 0 atom stereocenters. The third-order valence-corrected chi connectivity index (χ3v) is 3.21. The van der Waals surface area contributed by atoms with Crippen molar-refractivity contribution < 1.29 is 33.8 Å². The second-order valence-corrected chi connectivity index (χ2v) is 4.76. The number of anilines is 1. The second kappa shape index (κ2) is 7.83. The number of aromatic carboxylic acids is 1. The van der Waals surface area contributed by atoms with Gasteiger partial charge in [-0.15, -0.1) is 0 Å². The molecule has 1 amide bonds. The maximum Gasteiger partial charge on any atom is 0.356 e. The van der Waals surface area contributed by atoms with Crippen molar-refractivity contribution in [3.63, 3.8) is 0 Å². The van der Waals surface area contributed by atoms with Crippen LogP contribution in [0.4, 0.5) is 5.69 Å². The number of amides is 1. The van der Waals surface area contributed by atoms with E-state index in [0.29, 0.717) is 0 Å². The number of methoxy groups -OCH3 is 2. The minimum Gasteiger partial charge on any atom is -0.476 e. The van der Waals surface area contributed by atoms with Crippen molar-refractivity contribution >= 4 is 29.5 Å². The zero-order valence-electron chi connectivity index (χ0n) is 13.7. The number of hydrogen-bond donors (Lipinski definition) is 2. The van der Waals surface area contributed by atoms with E-state index in [0.717, 1.165) is 19.5 Å². The molecule has 0 aliphatic carbocycles. The summed E-state index contributed by atoms with van der Waals surface area (Å²) in [5.74, 6) is -3.83. The van der Waals surface area contributed by atoms with E-state index >= 15 is 0 Å². The molecule has 0 spiro atoms. The maximum atomic E-state index is 12.4. The van der Waals surface area contributed by atoms with Gasteiger partial charge in [-0.3, -0.25) is 4.79 Å². The number of carbonyl (C=O) groups is 4. The molecule has 2 N–H and O–H groups in total. The van der Waals surface area contributed by atoms with Crippen LogP contribution in [0, 0.1) is 0 Å². The molecule has 1 aromatic heterocycles. The first kappa shape index (κ1) is 18.5. The van der Waals surface area contributed by atoms with Gasteiger partial charge in [0.25, 0.3) is 5.91 Å². The van der Waals surface area contributed by atoms with Crippen LogP contribution < -0.4 is 5.32 Å². The number of ether oxygens (including phenoxy) is 2. The molecule has 1 heterocycles. The van der Waals surface area contributed by atoms with E-state index in [1.807, 2.05) is 0 Å². The molecule has 0 saturated carbocycles. The fraction of sp³-hybridized carbons (Fsp3) is 0.125. The monoisotopic (exact) mass is 359 g/mol. The van der Waals surface area contributed by atoms with Crippen LogP contribution in [0.2, 0.25) is 0 Å². The molecule has 2 rings (SSSR count).